The molecule has 1 saturated carbocycles. The first kappa shape index (κ1) is 9.55. The summed E-state index contributed by atoms with van der Waals surface area (Å²) in [6.45, 7) is 1.27. The summed E-state index contributed by atoms with van der Waals surface area (Å²) in [5.41, 5.74) is 0. The zero-order chi connectivity index (χ0) is 9.80. The Balaban J connectivity index is 1.67. The van der Waals surface area contributed by atoms with Crippen molar-refractivity contribution in [2.45, 2.75) is 25.5 Å². The molecular weight excluding hydrogens is 178 g/mol. The topological polar surface area (TPSA) is 58.0 Å². The molecule has 0 amide bonds. The van der Waals surface area contributed by atoms with Crippen LogP contribution < -0.4 is 5.32 Å². The van der Waals surface area contributed by atoms with E-state index in [9.17, 15) is 5.11 Å². The molecule has 0 bridgehead atoms. The van der Waals surface area contributed by atoms with Crippen LogP contribution in [-0.4, -0.2) is 27.7 Å². The van der Waals surface area contributed by atoms with E-state index in [2.05, 4.69) is 15.3 Å². The van der Waals surface area contributed by atoms with Crippen LogP contribution in [0, 0.1) is 5.92 Å². The second-order valence-electron chi connectivity index (χ2n) is 3.70. The summed E-state index contributed by atoms with van der Waals surface area (Å²) >= 11 is 0. The smallest absolute Gasteiger partial charge is 0.141 e. The molecule has 1 aromatic rings. The molecule has 1 heterocycles. The summed E-state index contributed by atoms with van der Waals surface area (Å²) in [4.78, 5) is 8.16. The van der Waals surface area contributed by atoms with Crippen LogP contribution in [0.4, 0.5) is 0 Å². The highest BCUT2D eigenvalue weighted by Gasteiger charge is 2.29. The Labute approximate surface area is 83.4 Å². The van der Waals surface area contributed by atoms with Gasteiger partial charge in [0.1, 0.15) is 5.82 Å². The Bertz CT molecular complexity index is 274. The molecule has 0 aliphatic heterocycles. The van der Waals surface area contributed by atoms with E-state index in [4.69, 9.17) is 0 Å². The summed E-state index contributed by atoms with van der Waals surface area (Å²) in [7, 11) is 0. The van der Waals surface area contributed by atoms with Gasteiger partial charge in [-0.05, 0) is 24.8 Å². The summed E-state index contributed by atoms with van der Waals surface area (Å²) in [5.74, 6) is 1.30. The predicted molar refractivity (Wildman–Crippen MR) is 52.5 cm³/mol. The summed E-state index contributed by atoms with van der Waals surface area (Å²) in [5, 5.41) is 12.7. The van der Waals surface area contributed by atoms with E-state index in [-0.39, 0.29) is 6.10 Å². The van der Waals surface area contributed by atoms with Crippen molar-refractivity contribution in [3.05, 3.63) is 24.3 Å². The monoisotopic (exact) mass is 193 g/mol. The SMILES string of the molecule is OC(CNCc1ncccn1)C1CC1. The number of hydrogen-bond acceptors (Lipinski definition) is 4. The zero-order valence-electron chi connectivity index (χ0n) is 8.06. The molecule has 0 radical (unpaired) electrons. The highest BCUT2D eigenvalue weighted by atomic mass is 16.3. The van der Waals surface area contributed by atoms with E-state index < -0.39 is 0 Å². The fourth-order valence-corrected chi connectivity index (χ4v) is 1.40. The Morgan fingerprint density at radius 1 is 1.43 bits per heavy atom. The van der Waals surface area contributed by atoms with Crippen molar-refractivity contribution >= 4 is 0 Å². The lowest BCUT2D eigenvalue weighted by molar-refractivity contribution is 0.148. The van der Waals surface area contributed by atoms with Crippen molar-refractivity contribution < 1.29 is 5.11 Å². The average Bonchev–Trinajstić information content (AvgIpc) is 3.02. The lowest BCUT2D eigenvalue weighted by atomic mass is 10.2. The number of hydrogen-bond donors (Lipinski definition) is 2. The van der Waals surface area contributed by atoms with Gasteiger partial charge >= 0.3 is 0 Å². The van der Waals surface area contributed by atoms with Crippen LogP contribution in [0.5, 0.6) is 0 Å². The van der Waals surface area contributed by atoms with Crippen LogP contribution in [-0.2, 0) is 6.54 Å². The van der Waals surface area contributed by atoms with Crippen molar-refractivity contribution in [2.24, 2.45) is 5.92 Å². The molecule has 1 aliphatic carbocycles. The highest BCUT2D eigenvalue weighted by molar-refractivity contribution is 4.88. The molecule has 1 unspecified atom stereocenters. The van der Waals surface area contributed by atoms with Crippen LogP contribution in [0.1, 0.15) is 18.7 Å². The number of aliphatic hydroxyl groups is 1. The third-order valence-corrected chi connectivity index (χ3v) is 2.42. The predicted octanol–water partition coefficient (Wildman–Crippen LogP) is 0.337. The van der Waals surface area contributed by atoms with E-state index >= 15 is 0 Å². The molecule has 4 heteroatoms. The Morgan fingerprint density at radius 2 is 2.14 bits per heavy atom. The van der Waals surface area contributed by atoms with E-state index in [1.54, 1.807) is 18.5 Å². The van der Waals surface area contributed by atoms with Gasteiger partial charge < -0.3 is 10.4 Å². The largest absolute Gasteiger partial charge is 0.392 e. The van der Waals surface area contributed by atoms with Crippen LogP contribution in [0.2, 0.25) is 0 Å². The minimum absolute atomic E-state index is 0.196. The maximum absolute atomic E-state index is 9.56. The van der Waals surface area contributed by atoms with Crippen LogP contribution in [0.15, 0.2) is 18.5 Å². The molecule has 4 nitrogen and oxygen atoms in total. The number of nitrogens with zero attached hydrogens (tertiary/aromatic N) is 2. The van der Waals surface area contributed by atoms with Gasteiger partial charge in [-0.25, -0.2) is 9.97 Å². The molecule has 0 spiro atoms. The molecule has 0 aromatic carbocycles. The summed E-state index contributed by atoms with van der Waals surface area (Å²) in [6, 6.07) is 1.79. The van der Waals surface area contributed by atoms with Gasteiger partial charge in [-0.2, -0.15) is 0 Å². The minimum atomic E-state index is -0.196. The maximum Gasteiger partial charge on any atom is 0.141 e. The van der Waals surface area contributed by atoms with E-state index in [1.165, 1.54) is 12.8 Å². The Hall–Kier alpha value is -1.00. The molecular formula is C10H15N3O. The molecule has 1 aliphatic rings. The van der Waals surface area contributed by atoms with Gasteiger partial charge in [0.15, 0.2) is 0 Å². The molecule has 0 saturated heterocycles. The standard InChI is InChI=1S/C10H15N3O/c14-9(8-2-3-8)6-11-7-10-12-4-1-5-13-10/h1,4-5,8-9,11,14H,2-3,6-7H2. The van der Waals surface area contributed by atoms with Gasteiger partial charge in [-0.15, -0.1) is 0 Å². The fourth-order valence-electron chi connectivity index (χ4n) is 1.40. The third kappa shape index (κ3) is 2.75. The minimum Gasteiger partial charge on any atom is -0.392 e. The van der Waals surface area contributed by atoms with Crippen molar-refractivity contribution in [3.63, 3.8) is 0 Å². The third-order valence-electron chi connectivity index (χ3n) is 2.42. The van der Waals surface area contributed by atoms with Crippen LogP contribution in [0.25, 0.3) is 0 Å². The molecule has 14 heavy (non-hydrogen) atoms. The first-order valence-electron chi connectivity index (χ1n) is 5.01. The molecule has 1 aromatic heterocycles. The Kier molecular flexibility index (Phi) is 3.06. The lowest BCUT2D eigenvalue weighted by Gasteiger charge is -2.09. The Morgan fingerprint density at radius 3 is 2.79 bits per heavy atom. The van der Waals surface area contributed by atoms with Gasteiger partial charge in [-0.3, -0.25) is 0 Å². The second kappa shape index (κ2) is 4.48. The van der Waals surface area contributed by atoms with E-state index in [0.717, 1.165) is 5.82 Å². The fraction of sp³-hybridized carbons (Fsp3) is 0.600. The van der Waals surface area contributed by atoms with Crippen LogP contribution >= 0.6 is 0 Å². The van der Waals surface area contributed by atoms with Crippen molar-refractivity contribution in [3.8, 4) is 0 Å². The summed E-state index contributed by atoms with van der Waals surface area (Å²) < 4.78 is 0. The molecule has 2 rings (SSSR count). The highest BCUT2D eigenvalue weighted by Crippen LogP contribution is 2.32. The number of rotatable bonds is 5. The molecule has 76 valence electrons. The zero-order valence-corrected chi connectivity index (χ0v) is 8.06. The van der Waals surface area contributed by atoms with E-state index in [1.807, 2.05) is 0 Å². The molecule has 2 N–H and O–H groups in total. The lowest BCUT2D eigenvalue weighted by Crippen LogP contribution is -2.28. The van der Waals surface area contributed by atoms with E-state index in [0.29, 0.717) is 19.0 Å². The second-order valence-corrected chi connectivity index (χ2v) is 3.70. The normalized spacial score (nSPS) is 18.1. The van der Waals surface area contributed by atoms with Gasteiger partial charge in [0, 0.05) is 18.9 Å². The van der Waals surface area contributed by atoms with Gasteiger partial charge in [0.2, 0.25) is 0 Å². The molecule has 1 atom stereocenters. The van der Waals surface area contributed by atoms with Crippen LogP contribution in [0.3, 0.4) is 0 Å². The quantitative estimate of drug-likeness (QED) is 0.708. The first-order chi connectivity index (χ1) is 6.86. The molecule has 1 fully saturated rings. The van der Waals surface area contributed by atoms with Crippen molar-refractivity contribution in [1.82, 2.24) is 15.3 Å². The van der Waals surface area contributed by atoms with Crippen molar-refractivity contribution in [1.29, 1.82) is 0 Å². The summed E-state index contributed by atoms with van der Waals surface area (Å²) in [6.07, 6.45) is 5.59. The van der Waals surface area contributed by atoms with Crippen molar-refractivity contribution in [2.75, 3.05) is 6.54 Å². The van der Waals surface area contributed by atoms with Gasteiger partial charge in [0.05, 0.1) is 12.6 Å². The van der Waals surface area contributed by atoms with Gasteiger partial charge in [0.25, 0.3) is 0 Å². The van der Waals surface area contributed by atoms with Gasteiger partial charge in [-0.1, -0.05) is 0 Å². The number of aromatic nitrogens is 2. The first-order valence-corrected chi connectivity index (χ1v) is 5.01. The average molecular weight is 193 g/mol. The maximum atomic E-state index is 9.56. The number of aliphatic hydroxyl groups excluding tert-OH is 1. The number of nitrogens with one attached hydrogen (secondary N) is 1.